The van der Waals surface area contributed by atoms with Gasteiger partial charge in [-0.25, -0.2) is 9.78 Å². The van der Waals surface area contributed by atoms with Gasteiger partial charge in [-0.15, -0.1) is 0 Å². The summed E-state index contributed by atoms with van der Waals surface area (Å²) >= 11 is 0. The van der Waals surface area contributed by atoms with Gasteiger partial charge in [0.25, 0.3) is 0 Å². The van der Waals surface area contributed by atoms with E-state index in [9.17, 15) is 9.59 Å². The number of fused-ring (bicyclic) bond motifs is 1. The number of benzene rings is 1. The summed E-state index contributed by atoms with van der Waals surface area (Å²) in [7, 11) is 3.22. The summed E-state index contributed by atoms with van der Waals surface area (Å²) in [5, 5.41) is 15.0. The van der Waals surface area contributed by atoms with Crippen LogP contribution in [0.1, 0.15) is 59.4 Å². The van der Waals surface area contributed by atoms with Crippen LogP contribution in [0.3, 0.4) is 0 Å². The summed E-state index contributed by atoms with van der Waals surface area (Å²) in [5.74, 6) is 7.18. The fourth-order valence-electron chi connectivity index (χ4n) is 3.91. The zero-order valence-corrected chi connectivity index (χ0v) is 26.3. The van der Waals surface area contributed by atoms with E-state index >= 15 is 0 Å². The van der Waals surface area contributed by atoms with E-state index in [4.69, 9.17) is 9.47 Å². The molecule has 43 heavy (non-hydrogen) atoms. The van der Waals surface area contributed by atoms with Crippen LogP contribution >= 0.6 is 0 Å². The van der Waals surface area contributed by atoms with E-state index in [-0.39, 0.29) is 5.91 Å². The van der Waals surface area contributed by atoms with Crippen LogP contribution in [0.2, 0.25) is 0 Å². The first-order valence-electron chi connectivity index (χ1n) is 14.6. The van der Waals surface area contributed by atoms with Gasteiger partial charge in [-0.1, -0.05) is 18.8 Å². The van der Waals surface area contributed by atoms with E-state index in [0.717, 1.165) is 29.6 Å². The van der Waals surface area contributed by atoms with E-state index in [1.807, 2.05) is 29.1 Å². The molecule has 0 bridgehead atoms. The maximum Gasteiger partial charge on any atom is 0.410 e. The van der Waals surface area contributed by atoms with E-state index < -0.39 is 17.7 Å². The summed E-state index contributed by atoms with van der Waals surface area (Å²) < 4.78 is 12.4. The Bertz CT molecular complexity index is 1440. The van der Waals surface area contributed by atoms with Gasteiger partial charge in [-0.05, 0) is 58.7 Å². The molecule has 232 valence electrons. The molecule has 0 fully saturated rings. The number of unbranched alkanes of at least 4 members (excludes halogenated alkanes) is 1. The van der Waals surface area contributed by atoms with Crippen molar-refractivity contribution in [1.82, 2.24) is 30.0 Å². The van der Waals surface area contributed by atoms with Gasteiger partial charge in [-0.3, -0.25) is 14.4 Å². The van der Waals surface area contributed by atoms with Gasteiger partial charge >= 0.3 is 6.09 Å². The largest absolute Gasteiger partial charge is 0.444 e. The van der Waals surface area contributed by atoms with Crippen molar-refractivity contribution in [3.8, 4) is 11.8 Å². The summed E-state index contributed by atoms with van der Waals surface area (Å²) in [6.45, 7) is 11.5. The second kappa shape index (κ2) is 15.7. The molecule has 1 aromatic carbocycles. The molecule has 0 aliphatic carbocycles. The van der Waals surface area contributed by atoms with Crippen molar-refractivity contribution in [2.24, 2.45) is 0 Å². The Hall–Kier alpha value is -4.37. The molecule has 3 N–H and O–H groups in total. The number of nitrogens with one attached hydrogen (secondary N) is 3. The first-order chi connectivity index (χ1) is 20.5. The number of hydrogen-bond donors (Lipinski definition) is 3. The molecule has 1 atom stereocenters. The van der Waals surface area contributed by atoms with Crippen molar-refractivity contribution in [2.45, 2.75) is 72.1 Å². The third kappa shape index (κ3) is 10.1. The Morgan fingerprint density at radius 3 is 2.70 bits per heavy atom. The lowest BCUT2D eigenvalue weighted by molar-refractivity contribution is -0.125. The van der Waals surface area contributed by atoms with Crippen LogP contribution in [0.15, 0.2) is 30.6 Å². The van der Waals surface area contributed by atoms with Gasteiger partial charge in [0.15, 0.2) is 0 Å². The van der Waals surface area contributed by atoms with Crippen molar-refractivity contribution in [1.29, 1.82) is 0 Å². The average molecular weight is 593 g/mol. The van der Waals surface area contributed by atoms with Gasteiger partial charge in [-0.2, -0.15) is 10.1 Å². The minimum atomic E-state index is -0.655. The predicted octanol–water partition coefficient (Wildman–Crippen LogP) is 4.54. The summed E-state index contributed by atoms with van der Waals surface area (Å²) in [6, 6.07) is 5.34. The highest BCUT2D eigenvalue weighted by Gasteiger charge is 2.26. The predicted molar refractivity (Wildman–Crippen MR) is 168 cm³/mol. The second-order valence-electron chi connectivity index (χ2n) is 11.1. The topological polar surface area (TPSA) is 136 Å². The zero-order chi connectivity index (χ0) is 31.4. The van der Waals surface area contributed by atoms with Crippen LogP contribution < -0.4 is 16.0 Å². The van der Waals surface area contributed by atoms with Crippen molar-refractivity contribution in [3.63, 3.8) is 0 Å². The maximum absolute atomic E-state index is 12.5. The molecule has 0 aliphatic rings. The summed E-state index contributed by atoms with van der Waals surface area (Å²) in [5.41, 5.74) is 1.91. The maximum atomic E-state index is 12.5. The SMILES string of the molecule is CCCNc1nc(Nc2ccc3cnn(CCOC)c3c2)ncc1C#CCCCNC(=O)[C@H](C)N(C)C(=O)OC(C)(C)C. The third-order valence-corrected chi connectivity index (χ3v) is 6.38. The Balaban J connectivity index is 1.57. The Kier molecular flexibility index (Phi) is 12.1. The lowest BCUT2D eigenvalue weighted by atomic mass is 10.2. The number of aromatic nitrogens is 4. The minimum absolute atomic E-state index is 0.248. The third-order valence-electron chi connectivity index (χ3n) is 6.38. The molecule has 3 aromatic rings. The van der Waals surface area contributed by atoms with E-state index in [1.165, 1.54) is 4.90 Å². The molecule has 2 aromatic heterocycles. The van der Waals surface area contributed by atoms with Crippen molar-refractivity contribution in [2.75, 3.05) is 44.5 Å². The smallest absolute Gasteiger partial charge is 0.410 e. The Morgan fingerprint density at radius 1 is 1.19 bits per heavy atom. The molecule has 2 amide bonds. The van der Waals surface area contributed by atoms with Crippen molar-refractivity contribution >= 4 is 40.4 Å². The molecular formula is C31H44N8O4. The van der Waals surface area contributed by atoms with E-state index in [2.05, 4.69) is 49.8 Å². The second-order valence-corrected chi connectivity index (χ2v) is 11.1. The number of carbonyl (C=O) groups excluding carboxylic acids is 2. The molecule has 12 nitrogen and oxygen atoms in total. The van der Waals surface area contributed by atoms with Gasteiger partial charge in [0, 0.05) is 44.7 Å². The molecule has 0 unspecified atom stereocenters. The number of hydrogen-bond acceptors (Lipinski definition) is 9. The monoisotopic (exact) mass is 592 g/mol. The number of methoxy groups -OCH3 is 1. The van der Waals surface area contributed by atoms with Crippen LogP contribution in [0.5, 0.6) is 0 Å². The number of carbonyl (C=O) groups is 2. The number of nitrogens with zero attached hydrogens (tertiary/aromatic N) is 5. The van der Waals surface area contributed by atoms with Gasteiger partial charge < -0.3 is 25.4 Å². The molecule has 12 heteroatoms. The van der Waals surface area contributed by atoms with Crippen LogP contribution in [-0.2, 0) is 20.8 Å². The number of likely N-dealkylation sites (N-methyl/N-ethyl adjacent to an activating group) is 1. The highest BCUT2D eigenvalue weighted by Crippen LogP contribution is 2.22. The average Bonchev–Trinajstić information content (AvgIpc) is 3.37. The number of anilines is 3. The first kappa shape index (κ1) is 33.1. The molecule has 2 heterocycles. The fourth-order valence-corrected chi connectivity index (χ4v) is 3.91. The van der Waals surface area contributed by atoms with Crippen molar-refractivity contribution in [3.05, 3.63) is 36.2 Å². The highest BCUT2D eigenvalue weighted by atomic mass is 16.6. The molecule has 0 spiro atoms. The van der Waals surface area contributed by atoms with Crippen LogP contribution in [-0.4, -0.2) is 82.1 Å². The standard InChI is InChI=1S/C31H44N8O4/c1-8-15-32-27-24(12-10-9-11-16-33-28(40)22(2)38(6)30(41)43-31(3,4)5)20-34-29(37-27)36-25-14-13-23-21-35-39(17-18-42-7)26(23)19-25/h13-14,19-22H,8-9,11,15-18H2,1-7H3,(H,33,40)(H2,32,34,36,37)/t22-/m0/s1. The van der Waals surface area contributed by atoms with Gasteiger partial charge in [0.2, 0.25) is 11.9 Å². The normalized spacial score (nSPS) is 11.8. The summed E-state index contributed by atoms with van der Waals surface area (Å²) in [4.78, 5) is 35.2. The van der Waals surface area contributed by atoms with Crippen LogP contribution in [0.4, 0.5) is 22.2 Å². The molecule has 0 aliphatic heterocycles. The lowest BCUT2D eigenvalue weighted by Gasteiger charge is -2.28. The van der Waals surface area contributed by atoms with Crippen LogP contribution in [0, 0.1) is 11.8 Å². The highest BCUT2D eigenvalue weighted by molar-refractivity contribution is 5.85. The summed E-state index contributed by atoms with van der Waals surface area (Å²) in [6.07, 6.45) is 5.17. The number of amides is 2. The number of ether oxygens (including phenoxy) is 2. The van der Waals surface area contributed by atoms with Crippen LogP contribution in [0.25, 0.3) is 10.9 Å². The van der Waals surface area contributed by atoms with E-state index in [0.29, 0.717) is 49.9 Å². The fraction of sp³-hybridized carbons (Fsp3) is 0.516. The minimum Gasteiger partial charge on any atom is -0.444 e. The van der Waals surface area contributed by atoms with E-state index in [1.54, 1.807) is 48.0 Å². The quantitative estimate of drug-likeness (QED) is 0.193. The number of rotatable bonds is 13. The molecule has 3 rings (SSSR count). The molecule has 0 saturated carbocycles. The molecular weight excluding hydrogens is 548 g/mol. The van der Waals surface area contributed by atoms with Gasteiger partial charge in [0.05, 0.1) is 36.6 Å². The van der Waals surface area contributed by atoms with Crippen molar-refractivity contribution < 1.29 is 19.1 Å². The molecule has 0 saturated heterocycles. The first-order valence-corrected chi connectivity index (χ1v) is 14.6. The zero-order valence-electron chi connectivity index (χ0n) is 26.3. The van der Waals surface area contributed by atoms with Gasteiger partial charge in [0.1, 0.15) is 17.5 Å². The lowest BCUT2D eigenvalue weighted by Crippen LogP contribution is -2.47. The molecule has 0 radical (unpaired) electrons. The Labute approximate surface area is 253 Å². The Morgan fingerprint density at radius 2 is 1.98 bits per heavy atom.